The third-order valence-corrected chi connectivity index (χ3v) is 4.39. The molecule has 116 valence electrons. The maximum atomic E-state index is 11.6. The first-order valence-electron chi connectivity index (χ1n) is 7.17. The summed E-state index contributed by atoms with van der Waals surface area (Å²) in [7, 11) is 4.09. The number of benzene rings is 1. The summed E-state index contributed by atoms with van der Waals surface area (Å²) in [5.41, 5.74) is 12.7. The molecule has 1 fully saturated rings. The lowest BCUT2D eigenvalue weighted by atomic mass is 9.96. The number of carbonyl (C=O) groups is 1. The second-order valence-corrected chi connectivity index (χ2v) is 6.30. The Balaban J connectivity index is 2.18. The Morgan fingerprint density at radius 3 is 2.62 bits per heavy atom. The largest absolute Gasteiger partial charge is 0.399 e. The van der Waals surface area contributed by atoms with Gasteiger partial charge in [-0.05, 0) is 51.0 Å². The van der Waals surface area contributed by atoms with E-state index < -0.39 is 5.91 Å². The second-order valence-electron chi connectivity index (χ2n) is 5.89. The van der Waals surface area contributed by atoms with E-state index in [2.05, 4.69) is 11.9 Å². The lowest BCUT2D eigenvalue weighted by Gasteiger charge is -2.33. The summed E-state index contributed by atoms with van der Waals surface area (Å²) in [4.78, 5) is 16.0. The van der Waals surface area contributed by atoms with Crippen LogP contribution in [0.1, 0.15) is 23.2 Å². The molecular formula is C15H23ClN4O. The minimum Gasteiger partial charge on any atom is -0.399 e. The van der Waals surface area contributed by atoms with Crippen molar-refractivity contribution in [2.24, 2.45) is 11.7 Å². The van der Waals surface area contributed by atoms with Gasteiger partial charge in [-0.25, -0.2) is 0 Å². The first kappa shape index (κ1) is 15.9. The van der Waals surface area contributed by atoms with Crippen LogP contribution >= 0.6 is 11.6 Å². The predicted octanol–water partition coefficient (Wildman–Crippen LogP) is 1.80. The van der Waals surface area contributed by atoms with Gasteiger partial charge < -0.3 is 21.3 Å². The van der Waals surface area contributed by atoms with Crippen molar-refractivity contribution in [3.8, 4) is 0 Å². The quantitative estimate of drug-likeness (QED) is 0.832. The first-order valence-corrected chi connectivity index (χ1v) is 7.54. The van der Waals surface area contributed by atoms with E-state index in [0.29, 0.717) is 27.9 Å². The molecule has 5 nitrogen and oxygen atoms in total. The number of halogens is 1. The Labute approximate surface area is 130 Å². The van der Waals surface area contributed by atoms with E-state index in [1.807, 2.05) is 11.9 Å². The van der Waals surface area contributed by atoms with Crippen LogP contribution in [0.5, 0.6) is 0 Å². The van der Waals surface area contributed by atoms with Crippen molar-refractivity contribution >= 4 is 28.9 Å². The number of nitrogen functional groups attached to an aromatic ring is 1. The monoisotopic (exact) mass is 310 g/mol. The van der Waals surface area contributed by atoms with Gasteiger partial charge in [0.2, 0.25) is 0 Å². The molecular weight excluding hydrogens is 288 g/mol. The summed E-state index contributed by atoms with van der Waals surface area (Å²) in [5.74, 6) is 0.0926. The van der Waals surface area contributed by atoms with Gasteiger partial charge in [0.25, 0.3) is 5.91 Å². The molecule has 0 saturated carbocycles. The molecule has 6 heteroatoms. The number of nitrogens with two attached hydrogens (primary N) is 2. The fourth-order valence-corrected chi connectivity index (χ4v) is 3.29. The molecule has 1 aliphatic rings. The van der Waals surface area contributed by atoms with Gasteiger partial charge in [-0.2, -0.15) is 0 Å². The molecule has 0 spiro atoms. The normalized spacial score (nSPS) is 16.9. The van der Waals surface area contributed by atoms with E-state index in [1.54, 1.807) is 12.1 Å². The number of hydrogen-bond acceptors (Lipinski definition) is 4. The van der Waals surface area contributed by atoms with E-state index in [1.165, 1.54) is 0 Å². The van der Waals surface area contributed by atoms with Crippen molar-refractivity contribution < 1.29 is 4.79 Å². The molecule has 1 aromatic carbocycles. The van der Waals surface area contributed by atoms with Crippen LogP contribution < -0.4 is 16.4 Å². The molecule has 0 atom stereocenters. The summed E-state index contributed by atoms with van der Waals surface area (Å²) in [6.07, 6.45) is 2.30. The minimum atomic E-state index is -0.505. The summed E-state index contributed by atoms with van der Waals surface area (Å²) >= 11 is 6.28. The molecule has 1 heterocycles. The highest BCUT2D eigenvalue weighted by Gasteiger charge is 2.22. The lowest BCUT2D eigenvalue weighted by molar-refractivity contribution is 0.100. The molecule has 0 bridgehead atoms. The zero-order valence-corrected chi connectivity index (χ0v) is 13.4. The Hall–Kier alpha value is -1.46. The van der Waals surface area contributed by atoms with Crippen molar-refractivity contribution in [1.29, 1.82) is 0 Å². The number of piperidine rings is 1. The van der Waals surface area contributed by atoms with Crippen LogP contribution in [0.15, 0.2) is 12.1 Å². The van der Waals surface area contributed by atoms with E-state index in [0.717, 1.165) is 32.5 Å². The second kappa shape index (κ2) is 6.54. The van der Waals surface area contributed by atoms with Gasteiger partial charge in [-0.3, -0.25) is 4.79 Å². The molecule has 0 radical (unpaired) electrons. The molecule has 0 aromatic heterocycles. The maximum absolute atomic E-state index is 11.6. The molecule has 21 heavy (non-hydrogen) atoms. The van der Waals surface area contributed by atoms with Gasteiger partial charge >= 0.3 is 0 Å². The summed E-state index contributed by atoms with van der Waals surface area (Å²) in [5, 5.41) is 0.472. The van der Waals surface area contributed by atoms with Crippen molar-refractivity contribution in [1.82, 2.24) is 4.90 Å². The zero-order valence-electron chi connectivity index (χ0n) is 12.6. The molecule has 4 N–H and O–H groups in total. The number of hydrogen-bond donors (Lipinski definition) is 2. The van der Waals surface area contributed by atoms with Gasteiger partial charge in [0.05, 0.1) is 16.3 Å². The van der Waals surface area contributed by atoms with E-state index in [9.17, 15) is 4.79 Å². The number of carbonyl (C=O) groups excluding carboxylic acids is 1. The van der Waals surface area contributed by atoms with E-state index >= 15 is 0 Å². The smallest absolute Gasteiger partial charge is 0.250 e. The minimum absolute atomic E-state index is 0.385. The average Bonchev–Trinajstić information content (AvgIpc) is 2.40. The Bertz CT molecular complexity index is 527. The number of nitrogens with zero attached hydrogens (tertiary/aromatic N) is 2. The van der Waals surface area contributed by atoms with Crippen molar-refractivity contribution in [3.05, 3.63) is 22.7 Å². The maximum Gasteiger partial charge on any atom is 0.250 e. The molecule has 1 aromatic rings. The van der Waals surface area contributed by atoms with E-state index in [-0.39, 0.29) is 0 Å². The van der Waals surface area contributed by atoms with Crippen molar-refractivity contribution in [2.75, 3.05) is 44.4 Å². The van der Waals surface area contributed by atoms with Crippen LogP contribution in [0.2, 0.25) is 5.02 Å². The number of anilines is 2. The SMILES string of the molecule is CN1CCC(CN(C)c2c(Cl)cc(N)cc2C(N)=O)CC1. The van der Waals surface area contributed by atoms with E-state index in [4.69, 9.17) is 23.1 Å². The summed E-state index contributed by atoms with van der Waals surface area (Å²) < 4.78 is 0. The van der Waals surface area contributed by atoms with Gasteiger partial charge in [-0.15, -0.1) is 0 Å². The topological polar surface area (TPSA) is 75.6 Å². The first-order chi connectivity index (χ1) is 9.88. The fourth-order valence-electron chi connectivity index (χ4n) is 2.92. The summed E-state index contributed by atoms with van der Waals surface area (Å²) in [6.45, 7) is 3.07. The number of likely N-dealkylation sites (tertiary alicyclic amines) is 1. The molecule has 0 aliphatic carbocycles. The van der Waals surface area contributed by atoms with Crippen LogP contribution in [-0.4, -0.2) is 44.5 Å². The van der Waals surface area contributed by atoms with Gasteiger partial charge in [0.1, 0.15) is 0 Å². The number of primary amides is 1. The highest BCUT2D eigenvalue weighted by Crippen LogP contribution is 2.33. The number of rotatable bonds is 4. The van der Waals surface area contributed by atoms with Crippen molar-refractivity contribution in [3.63, 3.8) is 0 Å². The molecule has 1 saturated heterocycles. The highest BCUT2D eigenvalue weighted by atomic mass is 35.5. The van der Waals surface area contributed by atoms with Crippen LogP contribution in [-0.2, 0) is 0 Å². The predicted molar refractivity (Wildman–Crippen MR) is 87.9 cm³/mol. The van der Waals surface area contributed by atoms with Gasteiger partial charge in [-0.1, -0.05) is 11.6 Å². The molecule has 1 aliphatic heterocycles. The van der Waals surface area contributed by atoms with Crippen LogP contribution in [0.25, 0.3) is 0 Å². The Morgan fingerprint density at radius 2 is 2.05 bits per heavy atom. The van der Waals surface area contributed by atoms with Crippen molar-refractivity contribution in [2.45, 2.75) is 12.8 Å². The molecule has 1 amide bonds. The molecule has 0 unspecified atom stereocenters. The van der Waals surface area contributed by atoms with Crippen LogP contribution in [0.4, 0.5) is 11.4 Å². The lowest BCUT2D eigenvalue weighted by Crippen LogP contribution is -2.36. The van der Waals surface area contributed by atoms with Gasteiger partial charge in [0.15, 0.2) is 0 Å². The van der Waals surface area contributed by atoms with Crippen LogP contribution in [0.3, 0.4) is 0 Å². The zero-order chi connectivity index (χ0) is 15.6. The third kappa shape index (κ3) is 3.80. The third-order valence-electron chi connectivity index (χ3n) is 4.10. The summed E-state index contributed by atoms with van der Waals surface area (Å²) in [6, 6.07) is 3.25. The fraction of sp³-hybridized carbons (Fsp3) is 0.533. The standard InChI is InChI=1S/C15H23ClN4O/c1-19-5-3-10(4-6-19)9-20(2)14-12(15(18)21)7-11(17)8-13(14)16/h7-8,10H,3-6,9,17H2,1-2H3,(H2,18,21). The van der Waals surface area contributed by atoms with Gasteiger partial charge in [0, 0.05) is 19.3 Å². The molecule has 2 rings (SSSR count). The number of amides is 1. The Morgan fingerprint density at radius 1 is 1.43 bits per heavy atom. The average molecular weight is 311 g/mol. The van der Waals surface area contributed by atoms with Crippen LogP contribution in [0, 0.1) is 5.92 Å². The Kier molecular flexibility index (Phi) is 4.96. The highest BCUT2D eigenvalue weighted by molar-refractivity contribution is 6.34.